The number of halogens is 4. The van der Waals surface area contributed by atoms with Gasteiger partial charge in [0.15, 0.2) is 0 Å². The van der Waals surface area contributed by atoms with Crippen molar-refractivity contribution in [1.29, 1.82) is 5.26 Å². The van der Waals surface area contributed by atoms with Crippen LogP contribution in [-0.4, -0.2) is 4.98 Å². The molecule has 6 heteroatoms. The maximum absolute atomic E-state index is 12.4. The third-order valence-electron chi connectivity index (χ3n) is 1.54. The minimum Gasteiger partial charge on any atom is -0.248 e. The Bertz CT molecular complexity index is 389. The van der Waals surface area contributed by atoms with Crippen LogP contribution in [0.5, 0.6) is 0 Å². The molecule has 0 spiro atoms. The number of rotatable bonds is 2. The van der Waals surface area contributed by atoms with Crippen LogP contribution in [-0.2, 0) is 5.33 Å². The summed E-state index contributed by atoms with van der Waals surface area (Å²) in [6, 6.07) is 3.33. The molecular formula is C8H4BrF2IN2. The van der Waals surface area contributed by atoms with Gasteiger partial charge in [0.1, 0.15) is 11.8 Å². The number of alkyl halides is 3. The summed E-state index contributed by atoms with van der Waals surface area (Å²) < 4.78 is 25.1. The second-order valence-electron chi connectivity index (χ2n) is 2.40. The van der Waals surface area contributed by atoms with E-state index < -0.39 is 6.43 Å². The molecule has 0 unspecified atom stereocenters. The van der Waals surface area contributed by atoms with E-state index >= 15 is 0 Å². The maximum Gasteiger partial charge on any atom is 0.281 e. The molecule has 74 valence electrons. The highest BCUT2D eigenvalue weighted by Gasteiger charge is 2.16. The Balaban J connectivity index is 3.32. The lowest BCUT2D eigenvalue weighted by atomic mass is 10.2. The Morgan fingerprint density at radius 2 is 2.29 bits per heavy atom. The molecule has 0 atom stereocenters. The van der Waals surface area contributed by atoms with Gasteiger partial charge in [-0.3, -0.25) is 0 Å². The molecule has 0 aromatic carbocycles. The summed E-state index contributed by atoms with van der Waals surface area (Å²) in [5, 5.41) is 9.00. The Hall–Kier alpha value is -0.290. The monoisotopic (exact) mass is 372 g/mol. The van der Waals surface area contributed by atoms with Crippen molar-refractivity contribution in [3.05, 3.63) is 26.6 Å². The van der Waals surface area contributed by atoms with Gasteiger partial charge in [-0.15, -0.1) is 0 Å². The zero-order chi connectivity index (χ0) is 10.7. The number of nitriles is 1. The van der Waals surface area contributed by atoms with Gasteiger partial charge in [0.05, 0.1) is 11.3 Å². The van der Waals surface area contributed by atoms with E-state index in [4.69, 9.17) is 5.26 Å². The molecule has 1 aromatic heterocycles. The minimum atomic E-state index is -2.60. The van der Waals surface area contributed by atoms with Gasteiger partial charge in [-0.25, -0.2) is 13.8 Å². The van der Waals surface area contributed by atoms with E-state index in [2.05, 4.69) is 20.9 Å². The quantitative estimate of drug-likeness (QED) is 0.589. The molecule has 0 aliphatic rings. The van der Waals surface area contributed by atoms with Gasteiger partial charge in [-0.1, -0.05) is 15.9 Å². The Morgan fingerprint density at radius 3 is 2.71 bits per heavy atom. The lowest BCUT2D eigenvalue weighted by Gasteiger charge is -2.05. The fourth-order valence-corrected chi connectivity index (χ4v) is 1.99. The SMILES string of the molecule is N#Cc1cc(I)c(C(F)F)nc1CBr. The number of pyridine rings is 1. The molecule has 0 bridgehead atoms. The molecule has 14 heavy (non-hydrogen) atoms. The van der Waals surface area contributed by atoms with E-state index in [1.165, 1.54) is 6.07 Å². The Kier molecular flexibility index (Phi) is 4.19. The Morgan fingerprint density at radius 1 is 1.64 bits per heavy atom. The summed E-state index contributed by atoms with van der Waals surface area (Å²) in [5.41, 5.74) is 0.415. The molecule has 0 fully saturated rings. The number of hydrogen-bond donors (Lipinski definition) is 0. The van der Waals surface area contributed by atoms with E-state index in [0.717, 1.165) is 0 Å². The lowest BCUT2D eigenvalue weighted by Crippen LogP contribution is -2.01. The highest BCUT2D eigenvalue weighted by atomic mass is 127. The number of hydrogen-bond acceptors (Lipinski definition) is 2. The fourth-order valence-electron chi connectivity index (χ4n) is 0.895. The standard InChI is InChI=1S/C8H4BrF2IN2/c9-2-6-4(3-13)1-5(12)7(14-6)8(10)11/h1,8H,2H2. The van der Waals surface area contributed by atoms with Crippen molar-refractivity contribution in [2.24, 2.45) is 0 Å². The van der Waals surface area contributed by atoms with Crippen LogP contribution in [0.15, 0.2) is 6.07 Å². The molecule has 1 aromatic rings. The van der Waals surface area contributed by atoms with Crippen molar-refractivity contribution in [3.8, 4) is 6.07 Å². The van der Waals surface area contributed by atoms with Crippen LogP contribution in [0, 0.1) is 14.9 Å². The summed E-state index contributed by atoms with van der Waals surface area (Å²) >= 11 is 4.84. The molecule has 0 radical (unpaired) electrons. The Labute approximate surface area is 102 Å². The second kappa shape index (κ2) is 4.98. The topological polar surface area (TPSA) is 36.7 Å². The van der Waals surface area contributed by atoms with E-state index in [-0.39, 0.29) is 5.69 Å². The maximum atomic E-state index is 12.4. The molecular weight excluding hydrogens is 369 g/mol. The zero-order valence-corrected chi connectivity index (χ0v) is 10.5. The molecule has 0 saturated heterocycles. The third-order valence-corrected chi connectivity index (χ3v) is 2.93. The predicted molar refractivity (Wildman–Crippen MR) is 59.3 cm³/mol. The van der Waals surface area contributed by atoms with Gasteiger partial charge in [-0.2, -0.15) is 5.26 Å². The smallest absolute Gasteiger partial charge is 0.248 e. The summed E-state index contributed by atoms with van der Waals surface area (Å²) in [4.78, 5) is 3.73. The van der Waals surface area contributed by atoms with Crippen molar-refractivity contribution >= 4 is 38.5 Å². The number of nitrogens with zero attached hydrogens (tertiary/aromatic N) is 2. The van der Waals surface area contributed by atoms with Gasteiger partial charge < -0.3 is 0 Å². The van der Waals surface area contributed by atoms with E-state index in [1.807, 2.05) is 6.07 Å². The van der Waals surface area contributed by atoms with Crippen LogP contribution in [0.4, 0.5) is 8.78 Å². The first-order chi connectivity index (χ1) is 6.60. The van der Waals surface area contributed by atoms with Crippen molar-refractivity contribution < 1.29 is 8.78 Å². The molecule has 1 rings (SSSR count). The van der Waals surface area contributed by atoms with Crippen LogP contribution in [0.25, 0.3) is 0 Å². The van der Waals surface area contributed by atoms with Crippen LogP contribution in [0.3, 0.4) is 0 Å². The molecule has 2 nitrogen and oxygen atoms in total. The summed E-state index contributed by atoms with van der Waals surface area (Å²) in [6.45, 7) is 0. The second-order valence-corrected chi connectivity index (χ2v) is 4.12. The van der Waals surface area contributed by atoms with Crippen LogP contribution < -0.4 is 0 Å². The summed E-state index contributed by atoms with van der Waals surface area (Å²) in [6.07, 6.45) is -2.60. The average Bonchev–Trinajstić information content (AvgIpc) is 2.16. The van der Waals surface area contributed by atoms with Crippen LogP contribution in [0.2, 0.25) is 0 Å². The van der Waals surface area contributed by atoms with Crippen molar-refractivity contribution in [2.75, 3.05) is 0 Å². The fraction of sp³-hybridized carbons (Fsp3) is 0.250. The van der Waals surface area contributed by atoms with Gasteiger partial charge in [-0.05, 0) is 28.7 Å². The molecule has 0 aliphatic heterocycles. The predicted octanol–water partition coefficient (Wildman–Crippen LogP) is 3.39. The zero-order valence-electron chi connectivity index (χ0n) is 6.77. The highest BCUT2D eigenvalue weighted by molar-refractivity contribution is 14.1. The van der Waals surface area contributed by atoms with Gasteiger partial charge in [0.25, 0.3) is 6.43 Å². The van der Waals surface area contributed by atoms with Crippen molar-refractivity contribution in [2.45, 2.75) is 11.8 Å². The highest BCUT2D eigenvalue weighted by Crippen LogP contribution is 2.25. The van der Waals surface area contributed by atoms with E-state index in [0.29, 0.717) is 20.2 Å². The lowest BCUT2D eigenvalue weighted by molar-refractivity contribution is 0.145. The van der Waals surface area contributed by atoms with Crippen LogP contribution in [0.1, 0.15) is 23.4 Å². The molecule has 0 N–H and O–H groups in total. The van der Waals surface area contributed by atoms with Crippen molar-refractivity contribution in [1.82, 2.24) is 4.98 Å². The first kappa shape index (κ1) is 11.8. The van der Waals surface area contributed by atoms with Crippen LogP contribution >= 0.6 is 38.5 Å². The minimum absolute atomic E-state index is 0.265. The summed E-state index contributed by atoms with van der Waals surface area (Å²) in [5.74, 6) is 0. The van der Waals surface area contributed by atoms with E-state index in [9.17, 15) is 8.78 Å². The molecule has 0 aliphatic carbocycles. The van der Waals surface area contributed by atoms with Gasteiger partial charge >= 0.3 is 0 Å². The first-order valence-corrected chi connectivity index (χ1v) is 5.73. The average molecular weight is 373 g/mol. The third kappa shape index (κ3) is 2.39. The summed E-state index contributed by atoms with van der Waals surface area (Å²) in [7, 11) is 0. The van der Waals surface area contributed by atoms with E-state index in [1.54, 1.807) is 22.6 Å². The van der Waals surface area contributed by atoms with Crippen molar-refractivity contribution in [3.63, 3.8) is 0 Å². The molecule has 1 heterocycles. The van der Waals surface area contributed by atoms with Gasteiger partial charge in [0.2, 0.25) is 0 Å². The normalized spacial score (nSPS) is 10.3. The van der Waals surface area contributed by atoms with Gasteiger partial charge in [0, 0.05) is 8.90 Å². The molecule has 0 amide bonds. The largest absolute Gasteiger partial charge is 0.281 e. The number of aromatic nitrogens is 1. The molecule has 0 saturated carbocycles. The first-order valence-electron chi connectivity index (χ1n) is 3.53.